The molecule has 0 N–H and O–H groups in total. The van der Waals surface area contributed by atoms with E-state index in [0.29, 0.717) is 30.8 Å². The summed E-state index contributed by atoms with van der Waals surface area (Å²) in [6.07, 6.45) is 1.20. The minimum atomic E-state index is -3.54. The molecule has 0 atom stereocenters. The summed E-state index contributed by atoms with van der Waals surface area (Å²) < 4.78 is 28.5. The Labute approximate surface area is 189 Å². The fourth-order valence-corrected chi connectivity index (χ4v) is 7.22. The molecule has 31 heavy (non-hydrogen) atoms. The second-order valence-corrected chi connectivity index (χ2v) is 11.4. The smallest absolute Gasteiger partial charge is 0.243 e. The van der Waals surface area contributed by atoms with Gasteiger partial charge >= 0.3 is 0 Å². The van der Waals surface area contributed by atoms with E-state index < -0.39 is 15.7 Å². The van der Waals surface area contributed by atoms with E-state index in [2.05, 4.69) is 19.1 Å². The van der Waals surface area contributed by atoms with Crippen LogP contribution in [-0.2, 0) is 10.0 Å². The van der Waals surface area contributed by atoms with E-state index in [0.717, 1.165) is 38.8 Å². The molecule has 1 fully saturated rings. The van der Waals surface area contributed by atoms with Gasteiger partial charge in [-0.15, -0.1) is 11.8 Å². The number of hydrogen-bond acceptors (Lipinski definition) is 5. The van der Waals surface area contributed by atoms with E-state index >= 15 is 0 Å². The maximum absolute atomic E-state index is 13.4. The van der Waals surface area contributed by atoms with E-state index in [1.165, 1.54) is 0 Å². The molecule has 5 nitrogen and oxygen atoms in total. The maximum atomic E-state index is 13.4. The van der Waals surface area contributed by atoms with Gasteiger partial charge in [0.25, 0.3) is 0 Å². The summed E-state index contributed by atoms with van der Waals surface area (Å²) in [6.45, 7) is 8.71. The number of nitrogens with zero attached hydrogens (tertiary/aromatic N) is 3. The minimum Gasteiger partial charge on any atom is -0.252 e. The van der Waals surface area contributed by atoms with Crippen molar-refractivity contribution in [3.63, 3.8) is 0 Å². The van der Waals surface area contributed by atoms with Crippen molar-refractivity contribution in [1.29, 1.82) is 0 Å². The Hall–Kier alpha value is -1.96. The van der Waals surface area contributed by atoms with Crippen molar-refractivity contribution < 1.29 is 8.42 Å². The molecule has 0 radical (unpaired) electrons. The standard InChI is InChI=1S/C24H29N3O2S2/c1-5-30-23-21(20-9-7-6-8-10-20)25-24(26-23)11-13-27(14-12-24)31(28,29)22-18(3)15-17(2)16-19(22)4/h6-10,15-16H,5,11-14H2,1-4H3. The summed E-state index contributed by atoms with van der Waals surface area (Å²) in [7, 11) is -3.54. The molecule has 4 rings (SSSR count). The van der Waals surface area contributed by atoms with E-state index in [1.54, 1.807) is 16.1 Å². The molecule has 0 amide bonds. The fourth-order valence-electron chi connectivity index (χ4n) is 4.56. The lowest BCUT2D eigenvalue weighted by molar-refractivity contribution is 0.249. The van der Waals surface area contributed by atoms with Crippen LogP contribution in [0, 0.1) is 20.8 Å². The molecule has 1 spiro atoms. The van der Waals surface area contributed by atoms with E-state index in [-0.39, 0.29) is 0 Å². The van der Waals surface area contributed by atoms with Gasteiger partial charge in [-0.05, 0) is 37.7 Å². The van der Waals surface area contributed by atoms with Crippen molar-refractivity contribution in [3.05, 3.63) is 64.7 Å². The SMILES string of the molecule is CCSC1=NC2(CCN(S(=O)(=O)c3c(C)cc(C)cc3C)CC2)N=C1c1ccccc1. The number of benzene rings is 2. The third-order valence-electron chi connectivity index (χ3n) is 5.89. The summed E-state index contributed by atoms with van der Waals surface area (Å²) in [6, 6.07) is 14.0. The van der Waals surface area contributed by atoms with Gasteiger partial charge in [-0.3, -0.25) is 4.99 Å². The van der Waals surface area contributed by atoms with Crippen molar-refractivity contribution in [2.45, 2.75) is 51.1 Å². The van der Waals surface area contributed by atoms with Crippen molar-refractivity contribution in [2.75, 3.05) is 18.8 Å². The lowest BCUT2D eigenvalue weighted by Gasteiger charge is -2.35. The highest BCUT2D eigenvalue weighted by molar-refractivity contribution is 8.15. The molecule has 0 saturated carbocycles. The second-order valence-electron chi connectivity index (χ2n) is 8.29. The normalized spacial score (nSPS) is 18.8. The molecule has 0 bridgehead atoms. The lowest BCUT2D eigenvalue weighted by Crippen LogP contribution is -2.44. The van der Waals surface area contributed by atoms with Gasteiger partial charge in [0.15, 0.2) is 5.66 Å². The monoisotopic (exact) mass is 455 g/mol. The molecule has 1 saturated heterocycles. The van der Waals surface area contributed by atoms with Gasteiger partial charge in [-0.2, -0.15) is 4.31 Å². The van der Waals surface area contributed by atoms with E-state index in [1.807, 2.05) is 51.1 Å². The topological polar surface area (TPSA) is 62.1 Å². The molecule has 2 heterocycles. The first-order valence-corrected chi connectivity index (χ1v) is 13.1. The highest BCUT2D eigenvalue weighted by atomic mass is 32.2. The first-order valence-electron chi connectivity index (χ1n) is 10.7. The number of thioether (sulfide) groups is 1. The van der Waals surface area contributed by atoms with Crippen LogP contribution < -0.4 is 0 Å². The lowest BCUT2D eigenvalue weighted by atomic mass is 10.00. The molecule has 164 valence electrons. The number of hydrogen-bond donors (Lipinski definition) is 0. The van der Waals surface area contributed by atoms with Crippen molar-refractivity contribution in [1.82, 2.24) is 4.31 Å². The number of rotatable bonds is 4. The van der Waals surface area contributed by atoms with Crippen LogP contribution in [-0.4, -0.2) is 48.0 Å². The molecule has 0 aliphatic carbocycles. The van der Waals surface area contributed by atoms with Crippen molar-refractivity contribution >= 4 is 32.5 Å². The Morgan fingerprint density at radius 1 is 1.00 bits per heavy atom. The Kier molecular flexibility index (Phi) is 6.12. The van der Waals surface area contributed by atoms with Gasteiger partial charge in [0, 0.05) is 31.5 Å². The largest absolute Gasteiger partial charge is 0.252 e. The predicted octanol–water partition coefficient (Wildman–Crippen LogP) is 4.75. The van der Waals surface area contributed by atoms with Crippen LogP contribution in [0.3, 0.4) is 0 Å². The van der Waals surface area contributed by atoms with Gasteiger partial charge in [0.05, 0.1) is 10.6 Å². The molecular formula is C24H29N3O2S2. The first kappa shape index (κ1) is 22.2. The van der Waals surface area contributed by atoms with Gasteiger partial charge < -0.3 is 0 Å². The van der Waals surface area contributed by atoms with Crippen LogP contribution in [0.15, 0.2) is 57.3 Å². The van der Waals surface area contributed by atoms with E-state index in [9.17, 15) is 8.42 Å². The van der Waals surface area contributed by atoms with Crippen LogP contribution in [0.1, 0.15) is 42.0 Å². The van der Waals surface area contributed by atoms with Gasteiger partial charge in [0.2, 0.25) is 10.0 Å². The molecule has 2 aromatic carbocycles. The number of sulfonamides is 1. The average Bonchev–Trinajstić information content (AvgIpc) is 3.06. The average molecular weight is 456 g/mol. The molecule has 2 aliphatic rings. The highest BCUT2D eigenvalue weighted by Crippen LogP contribution is 2.37. The second kappa shape index (κ2) is 8.52. The summed E-state index contributed by atoms with van der Waals surface area (Å²) in [5.74, 6) is 0.924. The van der Waals surface area contributed by atoms with Crippen LogP contribution in [0.5, 0.6) is 0 Å². The molecule has 2 aliphatic heterocycles. The van der Waals surface area contributed by atoms with Crippen LogP contribution in [0.25, 0.3) is 0 Å². The predicted molar refractivity (Wildman–Crippen MR) is 130 cm³/mol. The third kappa shape index (κ3) is 4.23. The minimum absolute atomic E-state index is 0.425. The molecular weight excluding hydrogens is 426 g/mol. The third-order valence-corrected chi connectivity index (χ3v) is 8.94. The zero-order valence-electron chi connectivity index (χ0n) is 18.6. The van der Waals surface area contributed by atoms with Gasteiger partial charge in [-0.25, -0.2) is 13.4 Å². The van der Waals surface area contributed by atoms with E-state index in [4.69, 9.17) is 9.98 Å². The van der Waals surface area contributed by atoms with Gasteiger partial charge in [0.1, 0.15) is 5.04 Å². The molecule has 0 aromatic heterocycles. The van der Waals surface area contributed by atoms with Gasteiger partial charge in [-0.1, -0.05) is 55.0 Å². The van der Waals surface area contributed by atoms with Crippen LogP contribution in [0.2, 0.25) is 0 Å². The van der Waals surface area contributed by atoms with Crippen LogP contribution >= 0.6 is 11.8 Å². The van der Waals surface area contributed by atoms with Crippen molar-refractivity contribution in [2.24, 2.45) is 9.98 Å². The Morgan fingerprint density at radius 2 is 1.61 bits per heavy atom. The number of aryl methyl sites for hydroxylation is 3. The number of aliphatic imine (C=N–C) groups is 2. The van der Waals surface area contributed by atoms with Crippen molar-refractivity contribution in [3.8, 4) is 0 Å². The summed E-state index contributed by atoms with van der Waals surface area (Å²) in [4.78, 5) is 10.5. The number of piperidine rings is 1. The molecule has 7 heteroatoms. The summed E-state index contributed by atoms with van der Waals surface area (Å²) in [5, 5.41) is 0.968. The zero-order valence-corrected chi connectivity index (χ0v) is 20.2. The Balaban J connectivity index is 1.60. The van der Waals surface area contributed by atoms with Crippen LogP contribution in [0.4, 0.5) is 0 Å². The Morgan fingerprint density at radius 3 is 2.19 bits per heavy atom. The fraction of sp³-hybridized carbons (Fsp3) is 0.417. The quantitative estimate of drug-likeness (QED) is 0.669. The summed E-state index contributed by atoms with van der Waals surface area (Å²) in [5.41, 5.74) is 4.15. The highest BCUT2D eigenvalue weighted by Gasteiger charge is 2.42. The molecule has 0 unspecified atom stereocenters. The zero-order chi connectivity index (χ0) is 22.2. The Bertz CT molecular complexity index is 1120. The first-order chi connectivity index (χ1) is 14.8. The summed E-state index contributed by atoms with van der Waals surface area (Å²) >= 11 is 1.71. The maximum Gasteiger partial charge on any atom is 0.243 e. The molecule has 2 aromatic rings.